The van der Waals surface area contributed by atoms with E-state index >= 15 is 0 Å². The zero-order chi connectivity index (χ0) is 20.0. The van der Waals surface area contributed by atoms with Crippen LogP contribution in [0, 0.1) is 0 Å². The molecule has 0 saturated carbocycles. The predicted molar refractivity (Wildman–Crippen MR) is 109 cm³/mol. The van der Waals surface area contributed by atoms with Gasteiger partial charge in [-0.05, 0) is 56.3 Å². The van der Waals surface area contributed by atoms with Crippen LogP contribution in [0.3, 0.4) is 0 Å². The van der Waals surface area contributed by atoms with Gasteiger partial charge in [0.15, 0.2) is 0 Å². The van der Waals surface area contributed by atoms with Gasteiger partial charge in [-0.25, -0.2) is 8.42 Å². The van der Waals surface area contributed by atoms with Crippen LogP contribution < -0.4 is 10.0 Å². The highest BCUT2D eigenvalue weighted by molar-refractivity contribution is 7.92. The average Bonchev–Trinajstić information content (AvgIpc) is 2.60. The molecule has 0 aliphatic rings. The number of nitrogens with zero attached hydrogens (tertiary/aromatic N) is 1. The van der Waals surface area contributed by atoms with Crippen LogP contribution in [-0.2, 0) is 23.1 Å². The topological polar surface area (TPSA) is 78.5 Å². The summed E-state index contributed by atoms with van der Waals surface area (Å²) in [5, 5.41) is 2.93. The molecule has 0 aliphatic heterocycles. The van der Waals surface area contributed by atoms with E-state index in [-0.39, 0.29) is 5.91 Å². The first-order valence-corrected chi connectivity index (χ1v) is 10.7. The van der Waals surface area contributed by atoms with Crippen LogP contribution in [0.4, 0.5) is 5.69 Å². The van der Waals surface area contributed by atoms with Crippen molar-refractivity contribution in [1.29, 1.82) is 0 Å². The SMILES string of the molecule is CC(C)N(C)Cc1ccccc1CNC(=O)c1ccc(NS(C)(=O)=O)cc1. The van der Waals surface area contributed by atoms with Gasteiger partial charge in [-0.2, -0.15) is 0 Å². The molecule has 0 fully saturated rings. The zero-order valence-electron chi connectivity index (χ0n) is 16.2. The van der Waals surface area contributed by atoms with Gasteiger partial charge < -0.3 is 5.32 Å². The lowest BCUT2D eigenvalue weighted by atomic mass is 10.1. The maximum atomic E-state index is 12.4. The highest BCUT2D eigenvalue weighted by Gasteiger charge is 2.10. The second-order valence-electron chi connectivity index (χ2n) is 6.91. The molecule has 27 heavy (non-hydrogen) atoms. The third-order valence-electron chi connectivity index (χ3n) is 4.31. The Hall–Kier alpha value is -2.38. The van der Waals surface area contributed by atoms with Crippen LogP contribution in [0.1, 0.15) is 35.3 Å². The lowest BCUT2D eigenvalue weighted by molar-refractivity contribution is 0.0950. The van der Waals surface area contributed by atoms with Gasteiger partial charge in [0.1, 0.15) is 0 Å². The van der Waals surface area contributed by atoms with Crippen molar-refractivity contribution in [1.82, 2.24) is 10.2 Å². The number of sulfonamides is 1. The van der Waals surface area contributed by atoms with E-state index in [1.54, 1.807) is 24.3 Å². The Morgan fingerprint density at radius 2 is 1.63 bits per heavy atom. The number of amides is 1. The minimum atomic E-state index is -3.33. The van der Waals surface area contributed by atoms with Crippen LogP contribution in [0.25, 0.3) is 0 Å². The molecule has 0 saturated heterocycles. The molecule has 0 bridgehead atoms. The third kappa shape index (κ3) is 6.69. The normalized spacial score (nSPS) is 11.6. The maximum absolute atomic E-state index is 12.4. The van der Waals surface area contributed by atoms with Gasteiger partial charge in [0, 0.05) is 30.4 Å². The summed E-state index contributed by atoms with van der Waals surface area (Å²) in [6, 6.07) is 14.8. The minimum Gasteiger partial charge on any atom is -0.348 e. The van der Waals surface area contributed by atoms with Crippen LogP contribution in [0.15, 0.2) is 48.5 Å². The van der Waals surface area contributed by atoms with Crippen molar-refractivity contribution in [2.45, 2.75) is 33.0 Å². The largest absolute Gasteiger partial charge is 0.348 e. The molecule has 0 unspecified atom stereocenters. The van der Waals surface area contributed by atoms with E-state index in [9.17, 15) is 13.2 Å². The van der Waals surface area contributed by atoms with Crippen LogP contribution in [-0.4, -0.2) is 38.6 Å². The summed E-state index contributed by atoms with van der Waals surface area (Å²) in [6.45, 7) is 5.54. The van der Waals surface area contributed by atoms with Crippen molar-refractivity contribution in [3.63, 3.8) is 0 Å². The fourth-order valence-corrected chi connectivity index (χ4v) is 3.08. The van der Waals surface area contributed by atoms with Crippen LogP contribution >= 0.6 is 0 Å². The highest BCUT2D eigenvalue weighted by atomic mass is 32.2. The maximum Gasteiger partial charge on any atom is 0.251 e. The summed E-state index contributed by atoms with van der Waals surface area (Å²) in [6.07, 6.45) is 1.09. The molecular weight excluding hydrogens is 362 g/mol. The molecule has 2 aromatic rings. The Morgan fingerprint density at radius 1 is 1.04 bits per heavy atom. The molecule has 6 nitrogen and oxygen atoms in total. The van der Waals surface area contributed by atoms with Gasteiger partial charge in [-0.15, -0.1) is 0 Å². The van der Waals surface area contributed by atoms with Crippen molar-refractivity contribution < 1.29 is 13.2 Å². The first-order valence-electron chi connectivity index (χ1n) is 8.79. The van der Waals surface area contributed by atoms with E-state index in [2.05, 4.69) is 41.9 Å². The molecule has 0 atom stereocenters. The van der Waals surface area contributed by atoms with Crippen LogP contribution in [0.2, 0.25) is 0 Å². The second kappa shape index (κ2) is 9.01. The van der Waals surface area contributed by atoms with E-state index in [1.807, 2.05) is 18.2 Å². The molecule has 0 aromatic heterocycles. The van der Waals surface area contributed by atoms with Gasteiger partial charge in [-0.3, -0.25) is 14.4 Å². The lowest BCUT2D eigenvalue weighted by Crippen LogP contribution is -2.27. The first-order chi connectivity index (χ1) is 12.7. The van der Waals surface area contributed by atoms with E-state index in [1.165, 1.54) is 5.56 Å². The van der Waals surface area contributed by atoms with Gasteiger partial charge in [-0.1, -0.05) is 24.3 Å². The number of hydrogen-bond donors (Lipinski definition) is 2. The Balaban J connectivity index is 2.01. The standard InChI is InChI=1S/C20H27N3O3S/c1-15(2)23(3)14-18-8-6-5-7-17(18)13-21-20(24)16-9-11-19(12-10-16)22-27(4,25)26/h5-12,15,22H,13-14H2,1-4H3,(H,21,24). The molecule has 2 N–H and O–H groups in total. The molecule has 146 valence electrons. The fraction of sp³-hybridized carbons (Fsp3) is 0.350. The summed E-state index contributed by atoms with van der Waals surface area (Å²) < 4.78 is 24.8. The minimum absolute atomic E-state index is 0.201. The van der Waals surface area contributed by atoms with E-state index in [4.69, 9.17) is 0 Å². The number of rotatable bonds is 8. The number of anilines is 1. The first kappa shape index (κ1) is 20.9. The summed E-state index contributed by atoms with van der Waals surface area (Å²) in [5.41, 5.74) is 3.16. The Bertz CT molecular complexity index is 878. The van der Waals surface area contributed by atoms with Crippen LogP contribution in [0.5, 0.6) is 0 Å². The Kier molecular flexibility index (Phi) is 6.98. The van der Waals surface area contributed by atoms with Gasteiger partial charge in [0.25, 0.3) is 5.91 Å². The van der Waals surface area contributed by atoms with Crippen molar-refractivity contribution in [3.8, 4) is 0 Å². The molecule has 0 radical (unpaired) electrons. The Morgan fingerprint density at radius 3 is 2.19 bits per heavy atom. The number of benzene rings is 2. The van der Waals surface area contributed by atoms with E-state index < -0.39 is 10.0 Å². The molecule has 2 aromatic carbocycles. The number of nitrogens with one attached hydrogen (secondary N) is 2. The second-order valence-corrected chi connectivity index (χ2v) is 8.66. The molecule has 1 amide bonds. The smallest absolute Gasteiger partial charge is 0.251 e. The highest BCUT2D eigenvalue weighted by Crippen LogP contribution is 2.14. The summed E-state index contributed by atoms with van der Waals surface area (Å²) in [5.74, 6) is -0.201. The summed E-state index contributed by atoms with van der Waals surface area (Å²) in [4.78, 5) is 14.6. The predicted octanol–water partition coefficient (Wildman–Crippen LogP) is 2.83. The summed E-state index contributed by atoms with van der Waals surface area (Å²) >= 11 is 0. The molecule has 0 spiro atoms. The van der Waals surface area contributed by atoms with Crippen molar-refractivity contribution >= 4 is 21.6 Å². The van der Waals surface area contributed by atoms with Gasteiger partial charge >= 0.3 is 0 Å². The molecule has 7 heteroatoms. The molecule has 0 aliphatic carbocycles. The van der Waals surface area contributed by atoms with Gasteiger partial charge in [0.05, 0.1) is 6.26 Å². The zero-order valence-corrected chi connectivity index (χ0v) is 17.0. The molecule has 0 heterocycles. The van der Waals surface area contributed by atoms with Gasteiger partial charge in [0.2, 0.25) is 10.0 Å². The average molecular weight is 390 g/mol. The van der Waals surface area contributed by atoms with Crippen molar-refractivity contribution in [3.05, 3.63) is 65.2 Å². The lowest BCUT2D eigenvalue weighted by Gasteiger charge is -2.22. The Labute approximate surface area is 161 Å². The molecule has 2 rings (SSSR count). The summed E-state index contributed by atoms with van der Waals surface area (Å²) in [7, 11) is -1.26. The molecular formula is C20H27N3O3S. The van der Waals surface area contributed by atoms with E-state index in [0.29, 0.717) is 23.8 Å². The number of hydrogen-bond acceptors (Lipinski definition) is 4. The number of carbonyl (C=O) groups excluding carboxylic acids is 1. The monoisotopic (exact) mass is 389 g/mol. The van der Waals surface area contributed by atoms with E-state index in [0.717, 1.165) is 18.4 Å². The quantitative estimate of drug-likeness (QED) is 0.728. The van der Waals surface area contributed by atoms with Crippen molar-refractivity contribution in [2.24, 2.45) is 0 Å². The fourth-order valence-electron chi connectivity index (χ4n) is 2.52. The van der Waals surface area contributed by atoms with Crippen molar-refractivity contribution in [2.75, 3.05) is 18.0 Å². The number of carbonyl (C=O) groups is 1. The third-order valence-corrected chi connectivity index (χ3v) is 4.92.